The lowest BCUT2D eigenvalue weighted by molar-refractivity contribution is 0.0730. The van der Waals surface area contributed by atoms with Crippen LogP contribution in [0.2, 0.25) is 10.0 Å². The molecular weight excluding hydrogens is 517 g/mol. The molecule has 4 aromatic carbocycles. The summed E-state index contributed by atoms with van der Waals surface area (Å²) in [6.07, 6.45) is 0. The van der Waals surface area contributed by atoms with Crippen LogP contribution in [0.4, 0.5) is 0 Å². The van der Waals surface area contributed by atoms with Crippen LogP contribution in [0.3, 0.4) is 0 Å². The lowest BCUT2D eigenvalue weighted by Gasteiger charge is -2.27. The van der Waals surface area contributed by atoms with Crippen molar-refractivity contribution in [1.29, 1.82) is 0 Å². The summed E-state index contributed by atoms with van der Waals surface area (Å²) in [7, 11) is 0. The molecule has 1 atom stereocenters. The Labute approximate surface area is 230 Å². The molecule has 0 saturated heterocycles. The summed E-state index contributed by atoms with van der Waals surface area (Å²) < 4.78 is 6.00. The molecule has 1 aliphatic heterocycles. The SMILES string of the molecule is O=C1c2[nH]nc(-c3ccccc3)c2C(c2ccc(OCc3ccc(Cl)cc3)cc2)N1Cc1ccccc1Cl. The Kier molecular flexibility index (Phi) is 6.62. The van der Waals surface area contributed by atoms with Crippen molar-refractivity contribution in [2.75, 3.05) is 0 Å². The van der Waals surface area contributed by atoms with E-state index < -0.39 is 0 Å². The molecule has 0 bridgehead atoms. The number of nitrogens with zero attached hydrogens (tertiary/aromatic N) is 2. The van der Waals surface area contributed by atoms with E-state index in [4.69, 9.17) is 27.9 Å². The molecule has 0 radical (unpaired) electrons. The topological polar surface area (TPSA) is 58.2 Å². The zero-order valence-electron chi connectivity index (χ0n) is 20.3. The van der Waals surface area contributed by atoms with Gasteiger partial charge in [-0.25, -0.2) is 0 Å². The van der Waals surface area contributed by atoms with E-state index >= 15 is 0 Å². The average Bonchev–Trinajstić information content (AvgIpc) is 3.49. The van der Waals surface area contributed by atoms with Gasteiger partial charge in [0.25, 0.3) is 5.91 Å². The lowest BCUT2D eigenvalue weighted by atomic mass is 9.96. The Morgan fingerprint density at radius 3 is 2.29 bits per heavy atom. The third-order valence-electron chi connectivity index (χ3n) is 6.72. The van der Waals surface area contributed by atoms with Crippen LogP contribution in [0.15, 0.2) is 103 Å². The third-order valence-corrected chi connectivity index (χ3v) is 7.34. The number of benzene rings is 4. The first-order chi connectivity index (χ1) is 18.6. The maximum Gasteiger partial charge on any atom is 0.273 e. The smallest absolute Gasteiger partial charge is 0.273 e. The van der Waals surface area contributed by atoms with Crippen molar-refractivity contribution in [1.82, 2.24) is 15.1 Å². The van der Waals surface area contributed by atoms with Crippen molar-refractivity contribution in [3.05, 3.63) is 141 Å². The predicted octanol–water partition coefficient (Wildman–Crippen LogP) is 7.71. The van der Waals surface area contributed by atoms with Gasteiger partial charge in [-0.15, -0.1) is 0 Å². The maximum atomic E-state index is 13.7. The molecule has 1 unspecified atom stereocenters. The number of aromatic amines is 1. The number of nitrogens with one attached hydrogen (secondary N) is 1. The van der Waals surface area contributed by atoms with Gasteiger partial charge in [-0.3, -0.25) is 9.89 Å². The summed E-state index contributed by atoms with van der Waals surface area (Å²) >= 11 is 12.5. The normalized spacial score (nSPS) is 14.5. The number of hydrogen-bond acceptors (Lipinski definition) is 3. The van der Waals surface area contributed by atoms with Crippen LogP contribution in [0.25, 0.3) is 11.3 Å². The highest BCUT2D eigenvalue weighted by Crippen LogP contribution is 2.44. The van der Waals surface area contributed by atoms with Crippen molar-refractivity contribution >= 4 is 29.1 Å². The number of halogens is 2. The number of aromatic nitrogens is 2. The molecule has 0 aliphatic carbocycles. The summed E-state index contributed by atoms with van der Waals surface area (Å²) in [6, 6.07) is 32.6. The first kappa shape index (κ1) is 24.3. The highest BCUT2D eigenvalue weighted by Gasteiger charge is 2.42. The van der Waals surface area contributed by atoms with Gasteiger partial charge >= 0.3 is 0 Å². The number of fused-ring (bicyclic) bond motifs is 1. The molecule has 2 heterocycles. The number of rotatable bonds is 7. The van der Waals surface area contributed by atoms with Gasteiger partial charge in [0.15, 0.2) is 0 Å². The second-order valence-electron chi connectivity index (χ2n) is 9.14. The Morgan fingerprint density at radius 1 is 0.842 bits per heavy atom. The fraction of sp³-hybridized carbons (Fsp3) is 0.0968. The van der Waals surface area contributed by atoms with Crippen molar-refractivity contribution < 1.29 is 9.53 Å². The fourth-order valence-corrected chi connectivity index (χ4v) is 5.15. The molecule has 1 aromatic heterocycles. The molecular formula is C31H23Cl2N3O2. The molecule has 7 heteroatoms. The number of hydrogen-bond donors (Lipinski definition) is 1. The quantitative estimate of drug-likeness (QED) is 0.230. The van der Waals surface area contributed by atoms with E-state index in [-0.39, 0.29) is 11.9 Å². The van der Waals surface area contributed by atoms with Gasteiger partial charge < -0.3 is 9.64 Å². The minimum atomic E-state index is -0.340. The second kappa shape index (κ2) is 10.4. The van der Waals surface area contributed by atoms with Crippen LogP contribution in [0.1, 0.15) is 38.8 Å². The second-order valence-corrected chi connectivity index (χ2v) is 9.98. The first-order valence-corrected chi connectivity index (χ1v) is 13.0. The molecule has 0 spiro atoms. The van der Waals surface area contributed by atoms with Crippen molar-refractivity contribution in [3.8, 4) is 17.0 Å². The lowest BCUT2D eigenvalue weighted by Crippen LogP contribution is -2.29. The molecule has 1 amide bonds. The van der Waals surface area contributed by atoms with Crippen molar-refractivity contribution in [2.45, 2.75) is 19.2 Å². The van der Waals surface area contributed by atoms with Crippen LogP contribution in [-0.2, 0) is 13.2 Å². The van der Waals surface area contributed by atoms with Crippen LogP contribution >= 0.6 is 23.2 Å². The Morgan fingerprint density at radius 2 is 1.55 bits per heavy atom. The largest absolute Gasteiger partial charge is 0.489 e. The number of carbonyl (C=O) groups is 1. The Hall–Kier alpha value is -4.06. The molecule has 5 aromatic rings. The Bertz CT molecular complexity index is 1580. The van der Waals surface area contributed by atoms with E-state index in [0.717, 1.165) is 39.3 Å². The zero-order chi connectivity index (χ0) is 26.1. The monoisotopic (exact) mass is 539 g/mol. The minimum Gasteiger partial charge on any atom is -0.489 e. The van der Waals surface area contributed by atoms with Gasteiger partial charge in [0.1, 0.15) is 18.1 Å². The molecule has 1 aliphatic rings. The van der Waals surface area contributed by atoms with Crippen LogP contribution in [0, 0.1) is 0 Å². The number of amides is 1. The van der Waals surface area contributed by atoms with E-state index in [1.165, 1.54) is 0 Å². The summed E-state index contributed by atoms with van der Waals surface area (Å²) in [5, 5.41) is 8.88. The van der Waals surface area contributed by atoms with Crippen LogP contribution < -0.4 is 4.74 Å². The molecule has 5 nitrogen and oxygen atoms in total. The van der Waals surface area contributed by atoms with Gasteiger partial charge in [-0.2, -0.15) is 5.10 Å². The fourth-order valence-electron chi connectivity index (χ4n) is 4.83. The minimum absolute atomic E-state index is 0.109. The zero-order valence-corrected chi connectivity index (χ0v) is 21.8. The van der Waals surface area contributed by atoms with Crippen molar-refractivity contribution in [3.63, 3.8) is 0 Å². The number of H-pyrrole nitrogens is 1. The van der Waals surface area contributed by atoms with Gasteiger partial charge in [-0.05, 0) is 47.0 Å². The highest BCUT2D eigenvalue weighted by atomic mass is 35.5. The van der Waals surface area contributed by atoms with E-state index in [1.54, 1.807) is 0 Å². The summed E-state index contributed by atoms with van der Waals surface area (Å²) in [5.74, 6) is 0.629. The van der Waals surface area contributed by atoms with E-state index in [0.29, 0.717) is 28.9 Å². The standard InChI is InChI=1S/C31H23Cl2N3O2/c32-24-14-10-20(11-15-24)19-38-25-16-12-22(13-17-25)30-27-28(21-6-2-1-3-7-21)34-35-29(27)31(37)36(30)18-23-8-4-5-9-26(23)33/h1-17,30H,18-19H2,(H,34,35). The molecule has 188 valence electrons. The predicted molar refractivity (Wildman–Crippen MR) is 149 cm³/mol. The number of ether oxygens (including phenoxy) is 1. The molecule has 0 saturated carbocycles. The molecule has 38 heavy (non-hydrogen) atoms. The van der Waals surface area contributed by atoms with E-state index in [2.05, 4.69) is 10.2 Å². The van der Waals surface area contributed by atoms with Crippen LogP contribution in [0.5, 0.6) is 5.75 Å². The summed E-state index contributed by atoms with van der Waals surface area (Å²) in [6.45, 7) is 0.801. The average molecular weight is 540 g/mol. The van der Waals surface area contributed by atoms with Crippen molar-refractivity contribution in [2.24, 2.45) is 0 Å². The van der Waals surface area contributed by atoms with Gasteiger partial charge in [0, 0.05) is 27.7 Å². The summed E-state index contributed by atoms with van der Waals surface area (Å²) in [5.41, 5.74) is 5.96. The molecule has 6 rings (SSSR count). The van der Waals surface area contributed by atoms with Gasteiger partial charge in [-0.1, -0.05) is 96.0 Å². The highest BCUT2D eigenvalue weighted by molar-refractivity contribution is 6.31. The number of carbonyl (C=O) groups excluding carboxylic acids is 1. The van der Waals surface area contributed by atoms with E-state index in [9.17, 15) is 4.79 Å². The van der Waals surface area contributed by atoms with Gasteiger partial charge in [0.05, 0.1) is 11.7 Å². The first-order valence-electron chi connectivity index (χ1n) is 12.2. The molecule has 0 fully saturated rings. The summed E-state index contributed by atoms with van der Waals surface area (Å²) in [4.78, 5) is 15.5. The molecule has 1 N–H and O–H groups in total. The van der Waals surface area contributed by atoms with E-state index in [1.807, 2.05) is 108 Å². The van der Waals surface area contributed by atoms with Gasteiger partial charge in [0.2, 0.25) is 0 Å². The Balaban J connectivity index is 1.35. The van der Waals surface area contributed by atoms with Crippen LogP contribution in [-0.4, -0.2) is 21.0 Å². The third kappa shape index (κ3) is 4.67. The maximum absolute atomic E-state index is 13.7.